The Bertz CT molecular complexity index is 424. The first-order chi connectivity index (χ1) is 8.24. The number of rotatable bonds is 1. The Hall–Kier alpha value is -1.06. The number of hydrogen-bond donors (Lipinski definition) is 1. The molecule has 0 aliphatic carbocycles. The Labute approximate surface area is 103 Å². The summed E-state index contributed by atoms with van der Waals surface area (Å²) < 4.78 is 5.46. The second-order valence-electron chi connectivity index (χ2n) is 5.30. The number of hydrogen-bond acceptors (Lipinski definition) is 3. The van der Waals surface area contributed by atoms with Gasteiger partial charge in [-0.2, -0.15) is 0 Å². The van der Waals surface area contributed by atoms with Crippen LogP contribution in [-0.4, -0.2) is 31.7 Å². The van der Waals surface area contributed by atoms with Crippen molar-refractivity contribution in [2.24, 2.45) is 0 Å². The number of nitrogens with two attached hydrogens (primary N) is 1. The summed E-state index contributed by atoms with van der Waals surface area (Å²) in [7, 11) is 2.16. The van der Waals surface area contributed by atoms with E-state index < -0.39 is 0 Å². The molecular formula is C14H20N2O. The third kappa shape index (κ3) is 2.05. The lowest BCUT2D eigenvalue weighted by Gasteiger charge is -2.26. The summed E-state index contributed by atoms with van der Waals surface area (Å²) in [6, 6.07) is 4.51. The molecule has 1 unspecified atom stereocenters. The van der Waals surface area contributed by atoms with E-state index in [1.807, 2.05) is 0 Å². The molecule has 92 valence electrons. The van der Waals surface area contributed by atoms with Crippen LogP contribution in [0.4, 0.5) is 5.69 Å². The van der Waals surface area contributed by atoms with Gasteiger partial charge in [-0.25, -0.2) is 0 Å². The van der Waals surface area contributed by atoms with Crippen LogP contribution in [0.3, 0.4) is 0 Å². The van der Waals surface area contributed by atoms with E-state index in [1.165, 1.54) is 16.7 Å². The van der Waals surface area contributed by atoms with Crippen LogP contribution in [-0.2, 0) is 17.7 Å². The lowest BCUT2D eigenvalue weighted by Crippen LogP contribution is -2.27. The van der Waals surface area contributed by atoms with Gasteiger partial charge >= 0.3 is 0 Å². The van der Waals surface area contributed by atoms with Crippen LogP contribution in [0, 0.1) is 0 Å². The van der Waals surface area contributed by atoms with Gasteiger partial charge in [0.1, 0.15) is 0 Å². The molecule has 2 aliphatic rings. The number of benzene rings is 1. The molecule has 2 aliphatic heterocycles. The summed E-state index contributed by atoms with van der Waals surface area (Å²) in [4.78, 5) is 2.35. The Morgan fingerprint density at radius 1 is 1.35 bits per heavy atom. The molecule has 1 fully saturated rings. The summed E-state index contributed by atoms with van der Waals surface area (Å²) in [5.41, 5.74) is 11.3. The third-order valence-electron chi connectivity index (χ3n) is 3.98. The fourth-order valence-electron chi connectivity index (χ4n) is 2.92. The summed E-state index contributed by atoms with van der Waals surface area (Å²) >= 11 is 0. The molecule has 0 amide bonds. The highest BCUT2D eigenvalue weighted by Crippen LogP contribution is 2.33. The summed E-state index contributed by atoms with van der Waals surface area (Å²) in [6.45, 7) is 3.89. The predicted octanol–water partition coefficient (Wildman–Crippen LogP) is 1.76. The first kappa shape index (κ1) is 11.1. The van der Waals surface area contributed by atoms with E-state index in [4.69, 9.17) is 10.5 Å². The van der Waals surface area contributed by atoms with E-state index in [1.54, 1.807) is 0 Å². The first-order valence-corrected chi connectivity index (χ1v) is 6.41. The maximum atomic E-state index is 6.20. The van der Waals surface area contributed by atoms with Crippen LogP contribution >= 0.6 is 0 Å². The van der Waals surface area contributed by atoms with E-state index in [-0.39, 0.29) is 0 Å². The number of nitrogen functional groups attached to an aromatic ring is 1. The highest BCUT2D eigenvalue weighted by atomic mass is 16.5. The lowest BCUT2D eigenvalue weighted by atomic mass is 9.90. The van der Waals surface area contributed by atoms with Gasteiger partial charge in [-0.15, -0.1) is 0 Å². The van der Waals surface area contributed by atoms with E-state index >= 15 is 0 Å². The molecule has 2 N–H and O–H groups in total. The second-order valence-corrected chi connectivity index (χ2v) is 5.30. The van der Waals surface area contributed by atoms with Gasteiger partial charge in [0.05, 0.1) is 6.61 Å². The van der Waals surface area contributed by atoms with E-state index in [0.717, 1.165) is 44.8 Å². The van der Waals surface area contributed by atoms with Gasteiger partial charge in [-0.1, -0.05) is 6.07 Å². The molecule has 1 aromatic rings. The van der Waals surface area contributed by atoms with Gasteiger partial charge in [0.25, 0.3) is 0 Å². The largest absolute Gasteiger partial charge is 0.398 e. The van der Waals surface area contributed by atoms with Crippen molar-refractivity contribution in [3.05, 3.63) is 28.8 Å². The van der Waals surface area contributed by atoms with E-state index in [2.05, 4.69) is 24.1 Å². The monoisotopic (exact) mass is 232 g/mol. The standard InChI is InChI=1S/C14H20N2O/c1-16-4-2-10-6-13(11-3-5-17-9-11)14(15)7-12(10)8-16/h6-7,11H,2-5,8-9,15H2,1H3. The third-order valence-corrected chi connectivity index (χ3v) is 3.98. The van der Waals surface area contributed by atoms with Gasteiger partial charge in [-0.3, -0.25) is 0 Å². The van der Waals surface area contributed by atoms with E-state index in [0.29, 0.717) is 5.92 Å². The zero-order chi connectivity index (χ0) is 11.8. The van der Waals surface area contributed by atoms with Crippen LogP contribution in [0.25, 0.3) is 0 Å². The molecule has 1 saturated heterocycles. The van der Waals surface area contributed by atoms with Crippen LogP contribution < -0.4 is 5.73 Å². The van der Waals surface area contributed by atoms with Crippen molar-refractivity contribution in [1.82, 2.24) is 4.90 Å². The fraction of sp³-hybridized carbons (Fsp3) is 0.571. The quantitative estimate of drug-likeness (QED) is 0.750. The van der Waals surface area contributed by atoms with Crippen molar-refractivity contribution in [3.63, 3.8) is 0 Å². The normalized spacial score (nSPS) is 24.9. The molecule has 2 heterocycles. The molecule has 0 bridgehead atoms. The maximum Gasteiger partial charge on any atom is 0.0536 e. The molecule has 0 radical (unpaired) electrons. The van der Waals surface area contributed by atoms with Crippen LogP contribution in [0.2, 0.25) is 0 Å². The van der Waals surface area contributed by atoms with Gasteiger partial charge < -0.3 is 15.4 Å². The second kappa shape index (κ2) is 4.31. The molecule has 0 aromatic heterocycles. The molecule has 1 atom stereocenters. The van der Waals surface area contributed by atoms with Crippen molar-refractivity contribution in [1.29, 1.82) is 0 Å². The summed E-state index contributed by atoms with van der Waals surface area (Å²) in [6.07, 6.45) is 2.26. The van der Waals surface area contributed by atoms with Gasteiger partial charge in [0.2, 0.25) is 0 Å². The van der Waals surface area contributed by atoms with Crippen LogP contribution in [0.1, 0.15) is 29.0 Å². The average Bonchev–Trinajstić information content (AvgIpc) is 2.81. The zero-order valence-electron chi connectivity index (χ0n) is 10.4. The van der Waals surface area contributed by atoms with Crippen molar-refractivity contribution in [2.45, 2.75) is 25.3 Å². The number of nitrogens with zero attached hydrogens (tertiary/aromatic N) is 1. The maximum absolute atomic E-state index is 6.20. The summed E-state index contributed by atoms with van der Waals surface area (Å²) in [5, 5.41) is 0. The number of likely N-dealkylation sites (N-methyl/N-ethyl adjacent to an activating group) is 1. The molecule has 3 heteroatoms. The van der Waals surface area contributed by atoms with Crippen LogP contribution in [0.5, 0.6) is 0 Å². The van der Waals surface area contributed by atoms with Crippen molar-refractivity contribution in [3.8, 4) is 0 Å². The highest BCUT2D eigenvalue weighted by molar-refractivity contribution is 5.54. The Morgan fingerprint density at radius 3 is 3.00 bits per heavy atom. The smallest absolute Gasteiger partial charge is 0.0536 e. The molecule has 0 spiro atoms. The number of ether oxygens (including phenoxy) is 1. The fourth-order valence-corrected chi connectivity index (χ4v) is 2.92. The minimum atomic E-state index is 0.514. The van der Waals surface area contributed by atoms with Crippen molar-refractivity contribution >= 4 is 5.69 Å². The predicted molar refractivity (Wildman–Crippen MR) is 69.1 cm³/mol. The van der Waals surface area contributed by atoms with Gasteiger partial charge in [0, 0.05) is 31.3 Å². The van der Waals surface area contributed by atoms with Crippen molar-refractivity contribution in [2.75, 3.05) is 32.5 Å². The van der Waals surface area contributed by atoms with Gasteiger partial charge in [0.15, 0.2) is 0 Å². The number of fused-ring (bicyclic) bond motifs is 1. The minimum Gasteiger partial charge on any atom is -0.398 e. The molecule has 0 saturated carbocycles. The molecular weight excluding hydrogens is 212 g/mol. The molecule has 17 heavy (non-hydrogen) atoms. The first-order valence-electron chi connectivity index (χ1n) is 6.41. The Balaban J connectivity index is 1.95. The number of anilines is 1. The van der Waals surface area contributed by atoms with Gasteiger partial charge in [-0.05, 0) is 42.6 Å². The van der Waals surface area contributed by atoms with E-state index in [9.17, 15) is 0 Å². The highest BCUT2D eigenvalue weighted by Gasteiger charge is 2.22. The summed E-state index contributed by atoms with van der Waals surface area (Å²) in [5.74, 6) is 0.514. The SMILES string of the molecule is CN1CCc2cc(C3CCOC3)c(N)cc2C1. The lowest BCUT2D eigenvalue weighted by molar-refractivity contribution is 0.194. The average molecular weight is 232 g/mol. The minimum absolute atomic E-state index is 0.514. The van der Waals surface area contributed by atoms with Crippen LogP contribution in [0.15, 0.2) is 12.1 Å². The molecule has 1 aromatic carbocycles. The molecule has 3 rings (SSSR count). The van der Waals surface area contributed by atoms with Crippen molar-refractivity contribution < 1.29 is 4.74 Å². The topological polar surface area (TPSA) is 38.5 Å². The zero-order valence-corrected chi connectivity index (χ0v) is 10.4. The Morgan fingerprint density at radius 2 is 2.24 bits per heavy atom. The Kier molecular flexibility index (Phi) is 2.81. The molecule has 3 nitrogen and oxygen atoms in total.